The van der Waals surface area contributed by atoms with E-state index in [2.05, 4.69) is 28.9 Å². The van der Waals surface area contributed by atoms with Crippen molar-refractivity contribution in [3.8, 4) is 17.3 Å². The zero-order valence-electron chi connectivity index (χ0n) is 15.4. The van der Waals surface area contributed by atoms with Crippen LogP contribution in [0.3, 0.4) is 0 Å². The minimum absolute atomic E-state index is 0.00411. The molecule has 1 heterocycles. The third-order valence-electron chi connectivity index (χ3n) is 4.48. The van der Waals surface area contributed by atoms with Crippen molar-refractivity contribution in [3.63, 3.8) is 0 Å². The van der Waals surface area contributed by atoms with Crippen LogP contribution in [-0.4, -0.2) is 10.5 Å². The zero-order valence-corrected chi connectivity index (χ0v) is 15.4. The molecule has 2 aromatic carbocycles. The number of amides is 1. The van der Waals surface area contributed by atoms with Crippen LogP contribution in [0.1, 0.15) is 32.8 Å². The first-order chi connectivity index (χ1) is 12.6. The first-order valence-electron chi connectivity index (χ1n) is 8.99. The van der Waals surface area contributed by atoms with Crippen molar-refractivity contribution in [3.05, 3.63) is 54.1 Å². The molecule has 3 aromatic rings. The Kier molecular flexibility index (Phi) is 5.09. The molecule has 4 nitrogen and oxygen atoms in total. The standard InChI is InChI=1S/C22H23N3O/c1-4-13-25-20-8-6-5-7-18(20)19(14-23)21(25)16-9-11-17(12-10-16)24-22(26)15(2)3/h5-12,15H,4,13H2,1-3H3,(H,24,26). The van der Waals surface area contributed by atoms with E-state index in [4.69, 9.17) is 0 Å². The Bertz CT molecular complexity index is 975. The Morgan fingerprint density at radius 1 is 1.15 bits per heavy atom. The number of carbonyl (C=O) groups is 1. The van der Waals surface area contributed by atoms with Gasteiger partial charge in [-0.1, -0.05) is 51.1 Å². The van der Waals surface area contributed by atoms with Gasteiger partial charge in [-0.2, -0.15) is 5.26 Å². The lowest BCUT2D eigenvalue weighted by Crippen LogP contribution is -2.17. The summed E-state index contributed by atoms with van der Waals surface area (Å²) < 4.78 is 2.22. The summed E-state index contributed by atoms with van der Waals surface area (Å²) in [6.07, 6.45) is 0.985. The molecule has 0 aliphatic rings. The molecule has 0 saturated carbocycles. The predicted octanol–water partition coefficient (Wildman–Crippen LogP) is 5.18. The van der Waals surface area contributed by atoms with Gasteiger partial charge in [0.05, 0.1) is 11.3 Å². The maximum absolute atomic E-state index is 11.9. The van der Waals surface area contributed by atoms with Crippen molar-refractivity contribution in [2.24, 2.45) is 5.92 Å². The highest BCUT2D eigenvalue weighted by molar-refractivity contribution is 5.95. The van der Waals surface area contributed by atoms with Gasteiger partial charge >= 0.3 is 0 Å². The molecule has 4 heteroatoms. The second-order valence-corrected chi connectivity index (χ2v) is 6.73. The lowest BCUT2D eigenvalue weighted by atomic mass is 10.1. The number of para-hydroxylation sites is 1. The van der Waals surface area contributed by atoms with E-state index in [1.165, 1.54) is 0 Å². The molecule has 0 saturated heterocycles. The van der Waals surface area contributed by atoms with Crippen LogP contribution >= 0.6 is 0 Å². The molecule has 0 fully saturated rings. The topological polar surface area (TPSA) is 57.8 Å². The minimum atomic E-state index is -0.0630. The van der Waals surface area contributed by atoms with Gasteiger partial charge in [0.25, 0.3) is 0 Å². The van der Waals surface area contributed by atoms with E-state index in [0.717, 1.165) is 40.8 Å². The van der Waals surface area contributed by atoms with Crippen LogP contribution in [0.5, 0.6) is 0 Å². The van der Waals surface area contributed by atoms with E-state index in [1.807, 2.05) is 56.3 Å². The Morgan fingerprint density at radius 2 is 1.85 bits per heavy atom. The normalized spacial score (nSPS) is 10.9. The van der Waals surface area contributed by atoms with Gasteiger partial charge in [0.15, 0.2) is 0 Å². The van der Waals surface area contributed by atoms with E-state index in [0.29, 0.717) is 5.56 Å². The number of nitrogens with one attached hydrogen (secondary N) is 1. The summed E-state index contributed by atoms with van der Waals surface area (Å²) >= 11 is 0. The van der Waals surface area contributed by atoms with Crippen LogP contribution in [-0.2, 0) is 11.3 Å². The van der Waals surface area contributed by atoms with Crippen molar-refractivity contribution in [1.82, 2.24) is 4.57 Å². The third-order valence-corrected chi connectivity index (χ3v) is 4.48. The van der Waals surface area contributed by atoms with Gasteiger partial charge in [-0.05, 0) is 30.2 Å². The molecule has 132 valence electrons. The highest BCUT2D eigenvalue weighted by atomic mass is 16.1. The monoisotopic (exact) mass is 345 g/mol. The molecule has 1 aromatic heterocycles. The highest BCUT2D eigenvalue weighted by Gasteiger charge is 2.18. The summed E-state index contributed by atoms with van der Waals surface area (Å²) in [4.78, 5) is 11.9. The zero-order chi connectivity index (χ0) is 18.7. The Labute approximate surface area is 154 Å². The number of rotatable bonds is 5. The van der Waals surface area contributed by atoms with Crippen LogP contribution in [0, 0.1) is 17.2 Å². The van der Waals surface area contributed by atoms with Gasteiger partial charge in [0.1, 0.15) is 6.07 Å². The lowest BCUT2D eigenvalue weighted by molar-refractivity contribution is -0.118. The molecule has 0 radical (unpaired) electrons. The molecule has 26 heavy (non-hydrogen) atoms. The molecule has 0 aliphatic carbocycles. The van der Waals surface area contributed by atoms with Crippen molar-refractivity contribution in [2.45, 2.75) is 33.7 Å². The molecular weight excluding hydrogens is 322 g/mol. The van der Waals surface area contributed by atoms with Crippen molar-refractivity contribution >= 4 is 22.5 Å². The van der Waals surface area contributed by atoms with Crippen molar-refractivity contribution < 1.29 is 4.79 Å². The summed E-state index contributed by atoms with van der Waals surface area (Å²) in [5, 5.41) is 13.7. The number of anilines is 1. The largest absolute Gasteiger partial charge is 0.339 e. The molecule has 1 amide bonds. The van der Waals surface area contributed by atoms with Gasteiger partial charge in [0.2, 0.25) is 5.91 Å². The molecule has 0 unspecified atom stereocenters. The number of aryl methyl sites for hydroxylation is 1. The number of fused-ring (bicyclic) bond motifs is 1. The first kappa shape index (κ1) is 17.8. The fourth-order valence-electron chi connectivity index (χ4n) is 3.17. The minimum Gasteiger partial charge on any atom is -0.339 e. The van der Waals surface area contributed by atoms with Crippen LogP contribution in [0.2, 0.25) is 0 Å². The van der Waals surface area contributed by atoms with Crippen LogP contribution in [0.15, 0.2) is 48.5 Å². The molecule has 1 N–H and O–H groups in total. The van der Waals surface area contributed by atoms with Gasteiger partial charge in [0, 0.05) is 29.1 Å². The van der Waals surface area contributed by atoms with E-state index in [-0.39, 0.29) is 11.8 Å². The predicted molar refractivity (Wildman–Crippen MR) is 106 cm³/mol. The summed E-state index contributed by atoms with van der Waals surface area (Å²) in [6, 6.07) is 18.1. The maximum atomic E-state index is 11.9. The van der Waals surface area contributed by atoms with E-state index < -0.39 is 0 Å². The number of benzene rings is 2. The SMILES string of the molecule is CCCn1c(-c2ccc(NC(=O)C(C)C)cc2)c(C#N)c2ccccc21. The fourth-order valence-corrected chi connectivity index (χ4v) is 3.17. The van der Waals surface area contributed by atoms with Gasteiger partial charge in [-0.3, -0.25) is 4.79 Å². The van der Waals surface area contributed by atoms with Crippen molar-refractivity contribution in [1.29, 1.82) is 5.26 Å². The Hall–Kier alpha value is -3.06. The number of nitrogens with zero attached hydrogens (tertiary/aromatic N) is 2. The van der Waals surface area contributed by atoms with Crippen molar-refractivity contribution in [2.75, 3.05) is 5.32 Å². The number of aromatic nitrogens is 1. The Morgan fingerprint density at radius 3 is 2.46 bits per heavy atom. The summed E-state index contributed by atoms with van der Waals surface area (Å²) in [5.41, 5.74) is 4.47. The molecule has 0 bridgehead atoms. The molecule has 0 atom stereocenters. The average Bonchev–Trinajstić information content (AvgIpc) is 2.96. The smallest absolute Gasteiger partial charge is 0.226 e. The fraction of sp³-hybridized carbons (Fsp3) is 0.273. The summed E-state index contributed by atoms with van der Waals surface area (Å²) in [7, 11) is 0. The molecule has 0 aliphatic heterocycles. The average molecular weight is 345 g/mol. The second kappa shape index (κ2) is 7.45. The molecule has 0 spiro atoms. The van der Waals surface area contributed by atoms with Gasteiger partial charge < -0.3 is 9.88 Å². The number of nitriles is 1. The first-order valence-corrected chi connectivity index (χ1v) is 8.99. The van der Waals surface area contributed by atoms with E-state index >= 15 is 0 Å². The van der Waals surface area contributed by atoms with Gasteiger partial charge in [-0.15, -0.1) is 0 Å². The summed E-state index contributed by atoms with van der Waals surface area (Å²) in [6.45, 7) is 6.72. The van der Waals surface area contributed by atoms with Crippen LogP contribution in [0.4, 0.5) is 5.69 Å². The third kappa shape index (κ3) is 3.21. The number of hydrogen-bond donors (Lipinski definition) is 1. The Balaban J connectivity index is 2.09. The second-order valence-electron chi connectivity index (χ2n) is 6.73. The van der Waals surface area contributed by atoms with Crippen LogP contribution in [0.25, 0.3) is 22.2 Å². The maximum Gasteiger partial charge on any atom is 0.226 e. The highest BCUT2D eigenvalue weighted by Crippen LogP contribution is 2.34. The number of carbonyl (C=O) groups excluding carboxylic acids is 1. The quantitative estimate of drug-likeness (QED) is 0.692. The summed E-state index contributed by atoms with van der Waals surface area (Å²) in [5.74, 6) is -0.0671. The number of hydrogen-bond acceptors (Lipinski definition) is 2. The van der Waals surface area contributed by atoms with Gasteiger partial charge in [-0.25, -0.2) is 0 Å². The molecule has 3 rings (SSSR count). The van der Waals surface area contributed by atoms with E-state index in [1.54, 1.807) is 0 Å². The van der Waals surface area contributed by atoms with Crippen LogP contribution < -0.4 is 5.32 Å². The van der Waals surface area contributed by atoms with E-state index in [9.17, 15) is 10.1 Å². The lowest BCUT2D eigenvalue weighted by Gasteiger charge is -2.12. The molecular formula is C22H23N3O.